The second-order valence-corrected chi connectivity index (χ2v) is 7.80. The van der Waals surface area contributed by atoms with Gasteiger partial charge in [0.15, 0.2) is 11.6 Å². The molecule has 0 amide bonds. The van der Waals surface area contributed by atoms with Gasteiger partial charge in [-0.3, -0.25) is 9.89 Å². The highest BCUT2D eigenvalue weighted by atomic mass is 35.5. The van der Waals surface area contributed by atoms with Crippen molar-refractivity contribution in [2.24, 2.45) is 5.92 Å². The number of aromatic amines is 1. The van der Waals surface area contributed by atoms with Crippen LogP contribution in [0.5, 0.6) is 0 Å². The molecule has 3 aromatic heterocycles. The molecule has 0 bridgehead atoms. The summed E-state index contributed by atoms with van der Waals surface area (Å²) in [4.78, 5) is 25.7. The van der Waals surface area contributed by atoms with Gasteiger partial charge in [-0.05, 0) is 24.8 Å². The molecule has 1 aromatic carbocycles. The number of nitrogens with one attached hydrogen (secondary N) is 2. The minimum absolute atomic E-state index is 0.0184. The van der Waals surface area contributed by atoms with Gasteiger partial charge in [-0.25, -0.2) is 18.3 Å². The van der Waals surface area contributed by atoms with Gasteiger partial charge < -0.3 is 16.8 Å². The number of hydrogen-bond acceptors (Lipinski definition) is 8. The molecule has 1 fully saturated rings. The molecule has 4 aromatic rings. The largest absolute Gasteiger partial charge is 0.382 e. The number of benzene rings is 1. The smallest absolute Gasteiger partial charge is 0.267 e. The minimum atomic E-state index is -0.946. The van der Waals surface area contributed by atoms with E-state index in [4.69, 9.17) is 23.1 Å². The SMILES string of the molecule is Nc1nc(N)c(Cl)c(NC(c2nc3c(F)cc(F)cc3c(=O)n2-c2ccn[nH]2)C2CC2)n1. The summed E-state index contributed by atoms with van der Waals surface area (Å²) in [6, 6.07) is 2.56. The van der Waals surface area contributed by atoms with Gasteiger partial charge in [0, 0.05) is 12.1 Å². The van der Waals surface area contributed by atoms with Crippen molar-refractivity contribution in [3.8, 4) is 5.82 Å². The summed E-state index contributed by atoms with van der Waals surface area (Å²) in [7, 11) is 0. The molecule has 1 aliphatic rings. The summed E-state index contributed by atoms with van der Waals surface area (Å²) in [5.41, 5.74) is 10.6. The first kappa shape index (κ1) is 20.1. The van der Waals surface area contributed by atoms with Gasteiger partial charge in [0.05, 0.1) is 17.6 Å². The number of nitrogens with two attached hydrogens (primary N) is 2. The molecular weight excluding hydrogens is 444 g/mol. The lowest BCUT2D eigenvalue weighted by Crippen LogP contribution is -2.30. The van der Waals surface area contributed by atoms with Crippen molar-refractivity contribution in [3.05, 3.63) is 57.2 Å². The first-order valence-corrected chi connectivity index (χ1v) is 9.97. The van der Waals surface area contributed by atoms with E-state index in [2.05, 4.69) is 30.5 Å². The Labute approximate surface area is 183 Å². The van der Waals surface area contributed by atoms with Crippen LogP contribution in [0.4, 0.5) is 26.4 Å². The molecule has 3 heterocycles. The number of aromatic nitrogens is 6. The molecule has 0 aliphatic heterocycles. The van der Waals surface area contributed by atoms with Gasteiger partial charge in [0.2, 0.25) is 5.95 Å². The van der Waals surface area contributed by atoms with Crippen LogP contribution in [-0.2, 0) is 0 Å². The minimum Gasteiger partial charge on any atom is -0.382 e. The normalized spacial score (nSPS) is 14.6. The summed E-state index contributed by atoms with van der Waals surface area (Å²) in [6.45, 7) is 0. The molecule has 0 spiro atoms. The predicted octanol–water partition coefficient (Wildman–Crippen LogP) is 2.56. The van der Waals surface area contributed by atoms with Crippen LogP contribution in [0.2, 0.25) is 5.02 Å². The lowest BCUT2D eigenvalue weighted by Gasteiger charge is -2.23. The Morgan fingerprint density at radius 1 is 1.22 bits per heavy atom. The lowest BCUT2D eigenvalue weighted by atomic mass is 10.1. The molecule has 164 valence electrons. The maximum atomic E-state index is 14.6. The number of anilines is 3. The molecule has 6 N–H and O–H groups in total. The Hall–Kier alpha value is -3.80. The molecule has 0 radical (unpaired) electrons. The summed E-state index contributed by atoms with van der Waals surface area (Å²) in [5.74, 6) is -1.30. The van der Waals surface area contributed by atoms with Crippen molar-refractivity contribution >= 4 is 40.1 Å². The van der Waals surface area contributed by atoms with Crippen LogP contribution in [0.25, 0.3) is 16.7 Å². The fraction of sp³-hybridized carbons (Fsp3) is 0.211. The van der Waals surface area contributed by atoms with Crippen LogP contribution in [0.3, 0.4) is 0 Å². The Kier molecular flexibility index (Phi) is 4.66. The molecule has 0 saturated heterocycles. The summed E-state index contributed by atoms with van der Waals surface area (Å²) in [6.07, 6.45) is 3.08. The van der Waals surface area contributed by atoms with Crippen LogP contribution in [0, 0.1) is 17.6 Å². The number of nitrogens with zero attached hydrogens (tertiary/aromatic N) is 5. The van der Waals surface area contributed by atoms with Crippen LogP contribution < -0.4 is 22.3 Å². The second-order valence-electron chi connectivity index (χ2n) is 7.43. The number of fused-ring (bicyclic) bond motifs is 1. The van der Waals surface area contributed by atoms with Crippen LogP contribution in [-0.4, -0.2) is 29.7 Å². The average molecular weight is 460 g/mol. The lowest BCUT2D eigenvalue weighted by molar-refractivity contribution is 0.580. The third-order valence-electron chi connectivity index (χ3n) is 5.20. The van der Waals surface area contributed by atoms with E-state index >= 15 is 0 Å². The molecule has 1 atom stereocenters. The quantitative estimate of drug-likeness (QED) is 0.355. The third kappa shape index (κ3) is 3.38. The van der Waals surface area contributed by atoms with Crippen molar-refractivity contribution in [2.75, 3.05) is 16.8 Å². The van der Waals surface area contributed by atoms with E-state index in [1.807, 2.05) is 0 Å². The van der Waals surface area contributed by atoms with E-state index in [0.717, 1.165) is 18.9 Å². The number of halogens is 3. The van der Waals surface area contributed by atoms with Gasteiger partial charge in [-0.2, -0.15) is 15.1 Å². The summed E-state index contributed by atoms with van der Waals surface area (Å²) >= 11 is 6.26. The topological polar surface area (TPSA) is 153 Å². The van der Waals surface area contributed by atoms with Crippen LogP contribution >= 0.6 is 11.6 Å². The van der Waals surface area contributed by atoms with E-state index in [9.17, 15) is 13.6 Å². The standard InChI is InChI=1S/C19H16ClF2N9O/c20-12-15(23)28-19(24)29-16(12)26-13(7-1-2-7)17-27-14-9(5-8(21)6-10(14)22)18(32)31(17)11-3-4-25-30-11/h3-7,13H,1-2H2,(H,25,30)(H5,23,24,26,28,29). The van der Waals surface area contributed by atoms with Gasteiger partial charge in [0.25, 0.3) is 5.56 Å². The molecule has 1 aliphatic carbocycles. The van der Waals surface area contributed by atoms with E-state index in [1.54, 1.807) is 6.07 Å². The number of rotatable bonds is 5. The summed E-state index contributed by atoms with van der Waals surface area (Å²) in [5, 5.41) is 9.57. The molecule has 1 unspecified atom stereocenters. The first-order chi connectivity index (χ1) is 15.3. The van der Waals surface area contributed by atoms with Gasteiger partial charge in [0.1, 0.15) is 33.8 Å². The molecule has 13 heteroatoms. The van der Waals surface area contributed by atoms with Crippen molar-refractivity contribution in [3.63, 3.8) is 0 Å². The number of hydrogen-bond donors (Lipinski definition) is 4. The molecule has 10 nitrogen and oxygen atoms in total. The van der Waals surface area contributed by atoms with E-state index in [0.29, 0.717) is 6.07 Å². The highest BCUT2D eigenvalue weighted by Crippen LogP contribution is 2.43. The fourth-order valence-electron chi connectivity index (χ4n) is 3.59. The fourth-order valence-corrected chi connectivity index (χ4v) is 3.73. The Bertz CT molecular complexity index is 1400. The average Bonchev–Trinajstić information content (AvgIpc) is 3.44. The second kappa shape index (κ2) is 7.41. The highest BCUT2D eigenvalue weighted by molar-refractivity contribution is 6.35. The zero-order valence-electron chi connectivity index (χ0n) is 16.3. The molecule has 5 rings (SSSR count). The zero-order chi connectivity index (χ0) is 22.6. The molecular formula is C19H16ClF2N9O. The Morgan fingerprint density at radius 2 is 2.00 bits per heavy atom. The van der Waals surface area contributed by atoms with Gasteiger partial charge in [-0.1, -0.05) is 11.6 Å². The van der Waals surface area contributed by atoms with Crippen molar-refractivity contribution in [1.29, 1.82) is 0 Å². The van der Waals surface area contributed by atoms with Crippen LogP contribution in [0.15, 0.2) is 29.2 Å². The molecule has 32 heavy (non-hydrogen) atoms. The third-order valence-corrected chi connectivity index (χ3v) is 5.57. The van der Waals surface area contributed by atoms with E-state index < -0.39 is 23.2 Å². The van der Waals surface area contributed by atoms with Crippen molar-refractivity contribution in [1.82, 2.24) is 29.7 Å². The predicted molar refractivity (Wildman–Crippen MR) is 114 cm³/mol. The van der Waals surface area contributed by atoms with Crippen LogP contribution in [0.1, 0.15) is 24.7 Å². The van der Waals surface area contributed by atoms with Gasteiger partial charge in [-0.15, -0.1) is 0 Å². The number of H-pyrrole nitrogens is 1. The summed E-state index contributed by atoms with van der Waals surface area (Å²) < 4.78 is 29.7. The maximum Gasteiger partial charge on any atom is 0.267 e. The number of nitrogen functional groups attached to an aromatic ring is 2. The van der Waals surface area contributed by atoms with E-state index in [1.165, 1.54) is 10.8 Å². The zero-order valence-corrected chi connectivity index (χ0v) is 17.1. The van der Waals surface area contributed by atoms with E-state index in [-0.39, 0.29) is 51.1 Å². The molecule has 1 saturated carbocycles. The Morgan fingerprint density at radius 3 is 2.69 bits per heavy atom. The highest BCUT2D eigenvalue weighted by Gasteiger charge is 2.37. The van der Waals surface area contributed by atoms with Gasteiger partial charge >= 0.3 is 0 Å². The van der Waals surface area contributed by atoms with Crippen molar-refractivity contribution in [2.45, 2.75) is 18.9 Å². The maximum absolute atomic E-state index is 14.6. The monoisotopic (exact) mass is 459 g/mol. The Balaban J connectivity index is 1.76. The van der Waals surface area contributed by atoms with Crippen molar-refractivity contribution < 1.29 is 8.78 Å². The first-order valence-electron chi connectivity index (χ1n) is 9.60.